The predicted molar refractivity (Wildman–Crippen MR) is 83.7 cm³/mol. The van der Waals surface area contributed by atoms with Crippen LogP contribution in [-0.2, 0) is 20.9 Å². The molecule has 1 heterocycles. The number of ether oxygens (including phenoxy) is 1. The van der Waals surface area contributed by atoms with Crippen LogP contribution in [0.3, 0.4) is 0 Å². The van der Waals surface area contributed by atoms with Crippen LogP contribution in [0.25, 0.3) is 0 Å². The van der Waals surface area contributed by atoms with Crippen LogP contribution in [0, 0.1) is 0 Å². The molecular weight excluding hydrogens is 308 g/mol. The number of rotatable bonds is 5. The molecule has 7 heteroatoms. The van der Waals surface area contributed by atoms with Gasteiger partial charge in [0.15, 0.2) is 0 Å². The molecule has 1 saturated heterocycles. The van der Waals surface area contributed by atoms with Gasteiger partial charge in [-0.2, -0.15) is 0 Å². The van der Waals surface area contributed by atoms with E-state index in [1.165, 1.54) is 4.90 Å². The number of nitrogens with zero attached hydrogens (tertiary/aromatic N) is 1. The normalized spacial score (nSPS) is 22.0. The zero-order chi connectivity index (χ0) is 15.4. The van der Waals surface area contributed by atoms with Crippen molar-refractivity contribution in [2.75, 3.05) is 6.54 Å². The number of nitrogens with two attached hydrogens (primary N) is 1. The fraction of sp³-hybridized carbons (Fsp3) is 0.467. The third-order valence-electron chi connectivity index (χ3n) is 3.55. The smallest absolute Gasteiger partial charge is 0.326 e. The van der Waals surface area contributed by atoms with E-state index >= 15 is 0 Å². The largest absolute Gasteiger partial charge is 0.480 e. The van der Waals surface area contributed by atoms with Crippen LogP contribution in [-0.4, -0.2) is 46.6 Å². The number of carboxylic acid groups (broad SMARTS) is 1. The summed E-state index contributed by atoms with van der Waals surface area (Å²) in [6, 6.07) is 8.06. The molecule has 2 rings (SSSR count). The number of carbonyl (C=O) groups is 2. The quantitative estimate of drug-likeness (QED) is 0.842. The molecule has 1 aliphatic rings. The van der Waals surface area contributed by atoms with E-state index < -0.39 is 18.1 Å². The van der Waals surface area contributed by atoms with Crippen molar-refractivity contribution >= 4 is 24.3 Å². The molecule has 22 heavy (non-hydrogen) atoms. The van der Waals surface area contributed by atoms with Gasteiger partial charge in [-0.25, -0.2) is 4.79 Å². The number of carboxylic acids is 1. The van der Waals surface area contributed by atoms with Crippen molar-refractivity contribution in [1.82, 2.24) is 4.90 Å². The SMILES string of the molecule is CC(N)C(=O)N1CC(OCc2ccccc2)CC1C(=O)O.Cl. The molecule has 1 fully saturated rings. The topological polar surface area (TPSA) is 92.9 Å². The van der Waals surface area contributed by atoms with Crippen molar-refractivity contribution in [2.45, 2.75) is 38.1 Å². The van der Waals surface area contributed by atoms with E-state index in [0.717, 1.165) is 5.56 Å². The summed E-state index contributed by atoms with van der Waals surface area (Å²) in [5, 5.41) is 9.23. The number of carbonyl (C=O) groups excluding carboxylic acids is 1. The Kier molecular flexibility index (Phi) is 6.80. The number of hydrogen-bond acceptors (Lipinski definition) is 4. The summed E-state index contributed by atoms with van der Waals surface area (Å²) in [5.74, 6) is -1.37. The van der Waals surface area contributed by atoms with Gasteiger partial charge < -0.3 is 20.5 Å². The molecule has 0 aliphatic carbocycles. The highest BCUT2D eigenvalue weighted by Crippen LogP contribution is 2.22. The zero-order valence-corrected chi connectivity index (χ0v) is 13.2. The van der Waals surface area contributed by atoms with E-state index in [-0.39, 0.29) is 31.0 Å². The van der Waals surface area contributed by atoms with E-state index in [0.29, 0.717) is 13.0 Å². The van der Waals surface area contributed by atoms with E-state index in [2.05, 4.69) is 0 Å². The van der Waals surface area contributed by atoms with E-state index in [4.69, 9.17) is 10.5 Å². The number of hydrogen-bond donors (Lipinski definition) is 2. The molecule has 1 aromatic carbocycles. The van der Waals surface area contributed by atoms with Crippen molar-refractivity contribution in [3.05, 3.63) is 35.9 Å². The van der Waals surface area contributed by atoms with Gasteiger partial charge in [0.25, 0.3) is 0 Å². The zero-order valence-electron chi connectivity index (χ0n) is 12.3. The van der Waals surface area contributed by atoms with Gasteiger partial charge >= 0.3 is 5.97 Å². The lowest BCUT2D eigenvalue weighted by molar-refractivity contribution is -0.148. The molecule has 3 atom stereocenters. The maximum Gasteiger partial charge on any atom is 0.326 e. The number of likely N-dealkylation sites (tertiary alicyclic amines) is 1. The third-order valence-corrected chi connectivity index (χ3v) is 3.55. The molecule has 122 valence electrons. The monoisotopic (exact) mass is 328 g/mol. The van der Waals surface area contributed by atoms with Gasteiger partial charge in [-0.1, -0.05) is 30.3 Å². The minimum absolute atomic E-state index is 0. The van der Waals surface area contributed by atoms with Crippen LogP contribution in [0.5, 0.6) is 0 Å². The summed E-state index contributed by atoms with van der Waals surface area (Å²) in [5.41, 5.74) is 6.58. The molecule has 3 N–H and O–H groups in total. The Hall–Kier alpha value is -1.63. The van der Waals surface area contributed by atoms with Gasteiger partial charge in [-0.15, -0.1) is 12.4 Å². The maximum atomic E-state index is 12.0. The molecule has 0 aromatic heterocycles. The van der Waals surface area contributed by atoms with Gasteiger partial charge in [0.2, 0.25) is 5.91 Å². The van der Waals surface area contributed by atoms with Crippen molar-refractivity contribution in [3.63, 3.8) is 0 Å². The third kappa shape index (κ3) is 4.43. The summed E-state index contributed by atoms with van der Waals surface area (Å²) in [4.78, 5) is 24.5. The van der Waals surface area contributed by atoms with Crippen molar-refractivity contribution in [2.24, 2.45) is 5.73 Å². The molecule has 0 saturated carbocycles. The van der Waals surface area contributed by atoms with Crippen LogP contribution in [0.4, 0.5) is 0 Å². The number of benzene rings is 1. The first-order chi connectivity index (χ1) is 9.99. The van der Waals surface area contributed by atoms with Gasteiger partial charge in [-0.3, -0.25) is 4.79 Å². The molecule has 0 radical (unpaired) electrons. The van der Waals surface area contributed by atoms with Gasteiger partial charge in [-0.05, 0) is 12.5 Å². The Labute approximate surface area is 135 Å². The number of amides is 1. The minimum Gasteiger partial charge on any atom is -0.480 e. The van der Waals surface area contributed by atoms with Gasteiger partial charge in [0.05, 0.1) is 18.8 Å². The van der Waals surface area contributed by atoms with Gasteiger partial charge in [0.1, 0.15) is 6.04 Å². The van der Waals surface area contributed by atoms with Crippen LogP contribution >= 0.6 is 12.4 Å². The Morgan fingerprint density at radius 2 is 2.05 bits per heavy atom. The summed E-state index contributed by atoms with van der Waals surface area (Å²) >= 11 is 0. The molecular formula is C15H21ClN2O4. The molecule has 1 aliphatic heterocycles. The first-order valence-corrected chi connectivity index (χ1v) is 6.93. The molecule has 1 amide bonds. The molecule has 3 unspecified atom stereocenters. The summed E-state index contributed by atoms with van der Waals surface area (Å²) < 4.78 is 5.73. The van der Waals surface area contributed by atoms with Crippen LogP contribution in [0.1, 0.15) is 18.9 Å². The Morgan fingerprint density at radius 1 is 1.41 bits per heavy atom. The fourth-order valence-corrected chi connectivity index (χ4v) is 2.45. The minimum atomic E-state index is -1.02. The first-order valence-electron chi connectivity index (χ1n) is 6.93. The standard InChI is InChI=1S/C15H20N2O4.ClH/c1-10(16)14(18)17-8-12(7-13(17)15(19)20)21-9-11-5-3-2-4-6-11;/h2-6,10,12-13H,7-9,16H2,1H3,(H,19,20);1H. The second-order valence-electron chi connectivity index (χ2n) is 5.29. The first kappa shape index (κ1) is 18.4. The lowest BCUT2D eigenvalue weighted by atomic mass is 10.2. The molecule has 6 nitrogen and oxygen atoms in total. The van der Waals surface area contributed by atoms with Crippen LogP contribution < -0.4 is 5.73 Å². The lowest BCUT2D eigenvalue weighted by Gasteiger charge is -2.23. The molecule has 1 aromatic rings. The van der Waals surface area contributed by atoms with E-state index in [9.17, 15) is 14.7 Å². The number of aliphatic carboxylic acids is 1. The van der Waals surface area contributed by atoms with Crippen LogP contribution in [0.15, 0.2) is 30.3 Å². The van der Waals surface area contributed by atoms with E-state index in [1.807, 2.05) is 30.3 Å². The Morgan fingerprint density at radius 3 is 2.59 bits per heavy atom. The summed E-state index contributed by atoms with van der Waals surface area (Å²) in [7, 11) is 0. The highest BCUT2D eigenvalue weighted by molar-refractivity contribution is 5.87. The van der Waals surface area contributed by atoms with Gasteiger partial charge in [0, 0.05) is 13.0 Å². The van der Waals surface area contributed by atoms with Crippen LogP contribution in [0.2, 0.25) is 0 Å². The highest BCUT2D eigenvalue weighted by atomic mass is 35.5. The average Bonchev–Trinajstić information content (AvgIpc) is 2.89. The van der Waals surface area contributed by atoms with E-state index in [1.54, 1.807) is 6.92 Å². The Balaban J connectivity index is 0.00000242. The summed E-state index contributed by atoms with van der Waals surface area (Å²) in [6.45, 7) is 2.22. The summed E-state index contributed by atoms with van der Waals surface area (Å²) in [6.07, 6.45) is 0.00896. The van der Waals surface area contributed by atoms with Crippen molar-refractivity contribution in [3.8, 4) is 0 Å². The lowest BCUT2D eigenvalue weighted by Crippen LogP contribution is -2.47. The van der Waals surface area contributed by atoms with Crippen molar-refractivity contribution < 1.29 is 19.4 Å². The average molecular weight is 329 g/mol. The predicted octanol–water partition coefficient (Wildman–Crippen LogP) is 1.03. The Bertz CT molecular complexity index is 510. The maximum absolute atomic E-state index is 12.0. The number of halogens is 1. The second kappa shape index (κ2) is 8.12. The van der Waals surface area contributed by atoms with Crippen molar-refractivity contribution in [1.29, 1.82) is 0 Å². The fourth-order valence-electron chi connectivity index (χ4n) is 2.45. The molecule has 0 spiro atoms. The second-order valence-corrected chi connectivity index (χ2v) is 5.29. The molecule has 0 bridgehead atoms. The highest BCUT2D eigenvalue weighted by Gasteiger charge is 2.40.